The van der Waals surface area contributed by atoms with Crippen molar-refractivity contribution in [3.05, 3.63) is 91.0 Å². The number of hydrogen-bond donors (Lipinski definition) is 1. The van der Waals surface area contributed by atoms with Crippen molar-refractivity contribution in [1.29, 1.82) is 0 Å². The van der Waals surface area contributed by atoms with E-state index >= 15 is 0 Å². The van der Waals surface area contributed by atoms with E-state index < -0.39 is 10.0 Å². The molecule has 0 bridgehead atoms. The Kier molecular flexibility index (Phi) is 6.71. The van der Waals surface area contributed by atoms with Gasteiger partial charge in [0.15, 0.2) is 5.58 Å². The standard InChI is InChI=1S/C28H21N3O5S3/c1-35-19-12-10-18(11-13-19)30-39(33,34)20-14-15-24-21(16-20)29-28(36-24)37-17-27(32)31-22-6-2-4-8-25(22)38-26-9-5-3-7-23(26)31/h2-16,30H,17H2,1H3. The molecule has 0 fully saturated rings. The zero-order chi connectivity index (χ0) is 27.0. The molecular formula is C28H21N3O5S3. The number of ether oxygens (including phenoxy) is 1. The minimum atomic E-state index is -3.85. The van der Waals surface area contributed by atoms with E-state index in [4.69, 9.17) is 9.15 Å². The van der Waals surface area contributed by atoms with Gasteiger partial charge < -0.3 is 9.15 Å². The average Bonchev–Trinajstić information content (AvgIpc) is 3.37. The van der Waals surface area contributed by atoms with Crippen molar-refractivity contribution in [3.8, 4) is 5.75 Å². The Balaban J connectivity index is 1.20. The number of nitrogens with zero attached hydrogens (tertiary/aromatic N) is 2. The van der Waals surface area contributed by atoms with E-state index in [9.17, 15) is 13.2 Å². The van der Waals surface area contributed by atoms with Crippen LogP contribution in [0.4, 0.5) is 17.1 Å². The molecule has 0 radical (unpaired) electrons. The second-order valence-corrected chi connectivity index (χ2v) is 12.2. The van der Waals surface area contributed by atoms with Gasteiger partial charge in [-0.05, 0) is 66.7 Å². The van der Waals surface area contributed by atoms with Gasteiger partial charge in [0, 0.05) is 15.5 Å². The number of aromatic nitrogens is 1. The highest BCUT2D eigenvalue weighted by Crippen LogP contribution is 2.48. The Bertz CT molecular complexity index is 1760. The molecule has 0 aliphatic carbocycles. The Labute approximate surface area is 233 Å². The molecule has 0 saturated carbocycles. The molecule has 11 heteroatoms. The van der Waals surface area contributed by atoms with Crippen LogP contribution in [0.3, 0.4) is 0 Å². The van der Waals surface area contributed by atoms with Crippen molar-refractivity contribution >= 4 is 67.6 Å². The zero-order valence-corrected chi connectivity index (χ0v) is 23.0. The summed E-state index contributed by atoms with van der Waals surface area (Å²) in [7, 11) is -2.31. The molecule has 5 aromatic rings. The van der Waals surface area contributed by atoms with Gasteiger partial charge >= 0.3 is 0 Å². The normalized spacial score (nSPS) is 12.6. The quantitative estimate of drug-likeness (QED) is 0.218. The van der Waals surface area contributed by atoms with Crippen molar-refractivity contribution in [2.24, 2.45) is 0 Å². The smallest absolute Gasteiger partial charge is 0.261 e. The summed E-state index contributed by atoms with van der Waals surface area (Å²) >= 11 is 2.80. The van der Waals surface area contributed by atoms with Gasteiger partial charge in [-0.1, -0.05) is 47.8 Å². The molecule has 4 aromatic carbocycles. The highest BCUT2D eigenvalue weighted by Gasteiger charge is 2.28. The molecular weight excluding hydrogens is 555 g/mol. The number of nitrogens with one attached hydrogen (secondary N) is 1. The number of anilines is 3. The molecule has 2 heterocycles. The van der Waals surface area contributed by atoms with Crippen LogP contribution >= 0.6 is 23.5 Å². The number of benzene rings is 4. The lowest BCUT2D eigenvalue weighted by Gasteiger charge is -2.30. The molecule has 1 aliphatic heterocycles. The van der Waals surface area contributed by atoms with Gasteiger partial charge in [0.05, 0.1) is 29.1 Å². The Morgan fingerprint density at radius 1 is 0.974 bits per heavy atom. The SMILES string of the molecule is COc1ccc(NS(=O)(=O)c2ccc3oc(SCC(=O)N4c5ccccc5Sc5ccccc54)nc3c2)cc1. The lowest BCUT2D eigenvalue weighted by Crippen LogP contribution is -2.29. The fourth-order valence-corrected chi connectivity index (χ4v) is 6.97. The third-order valence-electron chi connectivity index (χ3n) is 5.99. The Hall–Kier alpha value is -3.93. The first-order chi connectivity index (χ1) is 18.9. The summed E-state index contributed by atoms with van der Waals surface area (Å²) in [5, 5.41) is 0.281. The summed E-state index contributed by atoms with van der Waals surface area (Å²) < 4.78 is 39.3. The van der Waals surface area contributed by atoms with Gasteiger partial charge in [-0.15, -0.1) is 0 Å². The minimum Gasteiger partial charge on any atom is -0.497 e. The monoisotopic (exact) mass is 575 g/mol. The lowest BCUT2D eigenvalue weighted by molar-refractivity contribution is -0.115. The zero-order valence-electron chi connectivity index (χ0n) is 20.5. The topological polar surface area (TPSA) is 102 Å². The van der Waals surface area contributed by atoms with Crippen LogP contribution in [0.1, 0.15) is 0 Å². The molecule has 0 saturated heterocycles. The number of carbonyl (C=O) groups is 1. The number of methoxy groups -OCH3 is 1. The van der Waals surface area contributed by atoms with E-state index in [1.54, 1.807) is 54.1 Å². The van der Waals surface area contributed by atoms with E-state index in [2.05, 4.69) is 9.71 Å². The first-order valence-electron chi connectivity index (χ1n) is 11.8. The van der Waals surface area contributed by atoms with E-state index in [0.717, 1.165) is 32.9 Å². The predicted octanol–water partition coefficient (Wildman–Crippen LogP) is 6.56. The molecule has 196 valence electrons. The van der Waals surface area contributed by atoms with Crippen molar-refractivity contribution in [2.75, 3.05) is 22.5 Å². The third kappa shape index (κ3) is 5.08. The number of rotatable bonds is 7. The maximum Gasteiger partial charge on any atom is 0.261 e. The van der Waals surface area contributed by atoms with Crippen LogP contribution in [0.15, 0.2) is 115 Å². The van der Waals surface area contributed by atoms with Gasteiger partial charge in [-0.3, -0.25) is 14.4 Å². The fourth-order valence-electron chi connectivity index (χ4n) is 4.15. The van der Waals surface area contributed by atoms with Gasteiger partial charge in [-0.2, -0.15) is 0 Å². The van der Waals surface area contributed by atoms with Crippen LogP contribution in [-0.2, 0) is 14.8 Å². The summed E-state index contributed by atoms with van der Waals surface area (Å²) in [4.78, 5) is 21.7. The summed E-state index contributed by atoms with van der Waals surface area (Å²) in [5.41, 5.74) is 2.89. The largest absolute Gasteiger partial charge is 0.497 e. The number of sulfonamides is 1. The van der Waals surface area contributed by atoms with Crippen LogP contribution < -0.4 is 14.4 Å². The number of oxazole rings is 1. The van der Waals surface area contributed by atoms with E-state index in [-0.39, 0.29) is 21.8 Å². The number of amides is 1. The second-order valence-electron chi connectivity index (χ2n) is 8.50. The van der Waals surface area contributed by atoms with Crippen molar-refractivity contribution in [1.82, 2.24) is 4.98 Å². The van der Waals surface area contributed by atoms with E-state index in [0.29, 0.717) is 22.5 Å². The van der Waals surface area contributed by atoms with Crippen molar-refractivity contribution < 1.29 is 22.4 Å². The van der Waals surface area contributed by atoms with Gasteiger partial charge in [0.1, 0.15) is 11.3 Å². The van der Waals surface area contributed by atoms with Gasteiger partial charge in [0.2, 0.25) is 5.91 Å². The predicted molar refractivity (Wildman–Crippen MR) is 153 cm³/mol. The molecule has 1 aliphatic rings. The summed E-state index contributed by atoms with van der Waals surface area (Å²) in [6, 6.07) is 26.6. The fraction of sp³-hybridized carbons (Fsp3) is 0.0714. The van der Waals surface area contributed by atoms with Crippen LogP contribution in [0.5, 0.6) is 5.75 Å². The van der Waals surface area contributed by atoms with Gasteiger partial charge in [-0.25, -0.2) is 13.4 Å². The number of carbonyl (C=O) groups excluding carboxylic acids is 1. The minimum absolute atomic E-state index is 0.0470. The average molecular weight is 576 g/mol. The Morgan fingerprint density at radius 3 is 2.31 bits per heavy atom. The molecule has 1 aromatic heterocycles. The molecule has 1 amide bonds. The first-order valence-corrected chi connectivity index (χ1v) is 15.1. The number of para-hydroxylation sites is 2. The molecule has 39 heavy (non-hydrogen) atoms. The van der Waals surface area contributed by atoms with Crippen LogP contribution in [0.2, 0.25) is 0 Å². The molecule has 0 atom stereocenters. The summed E-state index contributed by atoms with van der Waals surface area (Å²) in [6.45, 7) is 0. The number of fused-ring (bicyclic) bond motifs is 3. The highest BCUT2D eigenvalue weighted by atomic mass is 32.2. The molecule has 8 nitrogen and oxygen atoms in total. The second kappa shape index (κ2) is 10.3. The molecule has 0 unspecified atom stereocenters. The van der Waals surface area contributed by atoms with E-state index in [1.807, 2.05) is 48.5 Å². The van der Waals surface area contributed by atoms with Gasteiger partial charge in [0.25, 0.3) is 15.2 Å². The van der Waals surface area contributed by atoms with E-state index in [1.165, 1.54) is 12.1 Å². The maximum absolute atomic E-state index is 13.4. The van der Waals surface area contributed by atoms with Crippen LogP contribution in [0.25, 0.3) is 11.1 Å². The number of thioether (sulfide) groups is 1. The highest BCUT2D eigenvalue weighted by molar-refractivity contribution is 8.00. The summed E-state index contributed by atoms with van der Waals surface area (Å²) in [5.74, 6) is 0.595. The number of hydrogen-bond acceptors (Lipinski definition) is 8. The first kappa shape index (κ1) is 25.4. The Morgan fingerprint density at radius 2 is 1.64 bits per heavy atom. The van der Waals surface area contributed by atoms with Crippen molar-refractivity contribution in [2.45, 2.75) is 19.9 Å². The summed E-state index contributed by atoms with van der Waals surface area (Å²) in [6.07, 6.45) is 0. The lowest BCUT2D eigenvalue weighted by atomic mass is 10.2. The maximum atomic E-state index is 13.4. The van der Waals surface area contributed by atoms with Crippen LogP contribution in [-0.4, -0.2) is 32.2 Å². The molecule has 0 spiro atoms. The third-order valence-corrected chi connectivity index (χ3v) is 9.31. The van der Waals surface area contributed by atoms with Crippen molar-refractivity contribution in [3.63, 3.8) is 0 Å². The van der Waals surface area contributed by atoms with Crippen LogP contribution in [0, 0.1) is 0 Å². The molecule has 6 rings (SSSR count). The molecule has 1 N–H and O–H groups in total.